The van der Waals surface area contributed by atoms with E-state index in [-0.39, 0.29) is 6.10 Å². The van der Waals surface area contributed by atoms with E-state index in [0.29, 0.717) is 18.2 Å². The van der Waals surface area contributed by atoms with Gasteiger partial charge in [-0.05, 0) is 24.8 Å². The monoisotopic (exact) mass is 252 g/mol. The Hall–Kier alpha value is -1.24. The summed E-state index contributed by atoms with van der Waals surface area (Å²) in [6.07, 6.45) is 1.19. The summed E-state index contributed by atoms with van der Waals surface area (Å²) in [6, 6.07) is 1.95. The van der Waals surface area contributed by atoms with Gasteiger partial charge in [-0.2, -0.15) is 0 Å². The molecule has 0 bridgehead atoms. The zero-order valence-electron chi connectivity index (χ0n) is 9.93. The first-order chi connectivity index (χ1) is 8.24. The van der Waals surface area contributed by atoms with Crippen LogP contribution >= 0.6 is 11.3 Å². The Bertz CT molecular complexity index is 499. The Morgan fingerprint density at radius 2 is 2.35 bits per heavy atom. The molecule has 0 spiro atoms. The lowest BCUT2D eigenvalue weighted by atomic mass is 10.3. The van der Waals surface area contributed by atoms with Gasteiger partial charge in [-0.3, -0.25) is 0 Å². The zero-order chi connectivity index (χ0) is 12.3. The molecule has 6 heteroatoms. The van der Waals surface area contributed by atoms with Gasteiger partial charge in [-0.1, -0.05) is 6.92 Å². The van der Waals surface area contributed by atoms with Gasteiger partial charge in [0.05, 0.1) is 11.5 Å². The van der Waals surface area contributed by atoms with Crippen molar-refractivity contribution in [3.8, 4) is 0 Å². The smallest absolute Gasteiger partial charge is 0.158 e. The predicted molar refractivity (Wildman–Crippen MR) is 69.8 cm³/mol. The highest BCUT2D eigenvalue weighted by Gasteiger charge is 2.09. The summed E-state index contributed by atoms with van der Waals surface area (Å²) < 4.78 is 5.61. The Kier molecular flexibility index (Phi) is 3.88. The molecule has 2 heterocycles. The third-order valence-corrected chi connectivity index (χ3v) is 3.39. The van der Waals surface area contributed by atoms with Crippen LogP contribution in [0.2, 0.25) is 0 Å². The minimum Gasteiger partial charge on any atom is -0.371 e. The lowest BCUT2D eigenvalue weighted by molar-refractivity contribution is 0.0470. The Morgan fingerprint density at radius 3 is 3.06 bits per heavy atom. The van der Waals surface area contributed by atoms with Gasteiger partial charge < -0.3 is 10.2 Å². The summed E-state index contributed by atoms with van der Waals surface area (Å²) in [5, 5.41) is 2.92. The number of hydrazine groups is 1. The van der Waals surface area contributed by atoms with Crippen molar-refractivity contribution in [2.45, 2.75) is 33.0 Å². The van der Waals surface area contributed by atoms with Gasteiger partial charge in [-0.25, -0.2) is 15.8 Å². The molecule has 0 fully saturated rings. The number of nitrogens with one attached hydrogen (secondary N) is 1. The van der Waals surface area contributed by atoms with E-state index >= 15 is 0 Å². The molecule has 0 aliphatic carbocycles. The molecule has 0 saturated carbocycles. The van der Waals surface area contributed by atoms with Crippen molar-refractivity contribution in [2.75, 3.05) is 5.43 Å². The summed E-state index contributed by atoms with van der Waals surface area (Å²) in [7, 11) is 0. The van der Waals surface area contributed by atoms with Crippen LogP contribution in [0.3, 0.4) is 0 Å². The number of thiophene rings is 1. The van der Waals surface area contributed by atoms with Crippen molar-refractivity contribution < 1.29 is 4.74 Å². The van der Waals surface area contributed by atoms with Crippen LogP contribution in [0.25, 0.3) is 10.2 Å². The number of rotatable bonds is 5. The van der Waals surface area contributed by atoms with Crippen molar-refractivity contribution in [1.29, 1.82) is 0 Å². The molecule has 1 atom stereocenters. The van der Waals surface area contributed by atoms with Crippen LogP contribution in [0.5, 0.6) is 0 Å². The van der Waals surface area contributed by atoms with E-state index in [0.717, 1.165) is 16.6 Å². The second-order valence-corrected chi connectivity index (χ2v) is 4.70. The van der Waals surface area contributed by atoms with Crippen LogP contribution in [0.1, 0.15) is 26.1 Å². The molecule has 3 N–H and O–H groups in total. The number of fused-ring (bicyclic) bond motifs is 1. The van der Waals surface area contributed by atoms with Crippen molar-refractivity contribution >= 4 is 27.4 Å². The summed E-state index contributed by atoms with van der Waals surface area (Å²) in [4.78, 5) is 9.70. The highest BCUT2D eigenvalue weighted by atomic mass is 32.1. The van der Waals surface area contributed by atoms with E-state index in [9.17, 15) is 0 Å². The minimum atomic E-state index is 0.215. The highest BCUT2D eigenvalue weighted by Crippen LogP contribution is 2.24. The quantitative estimate of drug-likeness (QED) is 0.631. The number of nitrogens with two attached hydrogens (primary N) is 1. The first-order valence-electron chi connectivity index (χ1n) is 5.57. The molecule has 0 radical (unpaired) electrons. The average molecular weight is 252 g/mol. The molecule has 1 unspecified atom stereocenters. The fraction of sp³-hybridized carbons (Fsp3) is 0.455. The lowest BCUT2D eigenvalue weighted by Crippen LogP contribution is -2.12. The second kappa shape index (κ2) is 5.39. The standard InChI is InChI=1S/C11H16N4OS/c1-3-7(2)16-6-9-13-10(15-12)8-4-5-17-11(8)14-9/h4-5,7H,3,6,12H2,1-2H3,(H,13,14,15). The van der Waals surface area contributed by atoms with Crippen molar-refractivity contribution in [1.82, 2.24) is 9.97 Å². The highest BCUT2D eigenvalue weighted by molar-refractivity contribution is 7.16. The predicted octanol–water partition coefficient (Wildman–Crippen LogP) is 2.29. The maximum atomic E-state index is 5.61. The Labute approximate surface area is 104 Å². The van der Waals surface area contributed by atoms with E-state index in [1.807, 2.05) is 18.4 Å². The van der Waals surface area contributed by atoms with Gasteiger partial charge in [0.2, 0.25) is 0 Å². The molecular weight excluding hydrogens is 236 g/mol. The van der Waals surface area contributed by atoms with Crippen LogP contribution in [0, 0.1) is 0 Å². The van der Waals surface area contributed by atoms with Gasteiger partial charge in [0.1, 0.15) is 11.4 Å². The normalized spacial score (nSPS) is 12.9. The van der Waals surface area contributed by atoms with Gasteiger partial charge in [0.15, 0.2) is 11.6 Å². The largest absolute Gasteiger partial charge is 0.371 e. The van der Waals surface area contributed by atoms with Gasteiger partial charge in [-0.15, -0.1) is 11.3 Å². The van der Waals surface area contributed by atoms with Gasteiger partial charge in [0.25, 0.3) is 0 Å². The van der Waals surface area contributed by atoms with E-state index in [1.165, 1.54) is 0 Å². The van der Waals surface area contributed by atoms with Crippen molar-refractivity contribution in [3.63, 3.8) is 0 Å². The van der Waals surface area contributed by atoms with Crippen LogP contribution in [0.4, 0.5) is 5.82 Å². The molecule has 0 aliphatic heterocycles. The summed E-state index contributed by atoms with van der Waals surface area (Å²) in [5.41, 5.74) is 2.60. The summed E-state index contributed by atoms with van der Waals surface area (Å²) >= 11 is 1.57. The molecule has 2 aromatic rings. The minimum absolute atomic E-state index is 0.215. The fourth-order valence-corrected chi connectivity index (χ4v) is 2.19. The molecule has 0 saturated heterocycles. The zero-order valence-corrected chi connectivity index (χ0v) is 10.8. The fourth-order valence-electron chi connectivity index (χ4n) is 1.41. The summed E-state index contributed by atoms with van der Waals surface area (Å²) in [6.45, 7) is 4.53. The van der Waals surface area contributed by atoms with E-state index in [4.69, 9.17) is 10.6 Å². The molecule has 2 rings (SSSR count). The second-order valence-electron chi connectivity index (χ2n) is 3.80. The molecule has 0 amide bonds. The first-order valence-corrected chi connectivity index (χ1v) is 6.45. The summed E-state index contributed by atoms with van der Waals surface area (Å²) in [5.74, 6) is 6.76. The first kappa shape index (κ1) is 12.2. The number of hydrogen-bond donors (Lipinski definition) is 2. The lowest BCUT2D eigenvalue weighted by Gasteiger charge is -2.10. The number of anilines is 1. The Morgan fingerprint density at radius 1 is 1.53 bits per heavy atom. The molecular formula is C11H16N4OS. The van der Waals surface area contributed by atoms with Gasteiger partial charge in [0, 0.05) is 0 Å². The number of nitrogens with zero attached hydrogens (tertiary/aromatic N) is 2. The maximum Gasteiger partial charge on any atom is 0.158 e. The molecule has 17 heavy (non-hydrogen) atoms. The Balaban J connectivity index is 2.22. The van der Waals surface area contributed by atoms with E-state index < -0.39 is 0 Å². The van der Waals surface area contributed by atoms with Crippen molar-refractivity contribution in [3.05, 3.63) is 17.3 Å². The number of nitrogen functional groups attached to an aromatic ring is 1. The molecule has 0 aromatic carbocycles. The van der Waals surface area contributed by atoms with E-state index in [2.05, 4.69) is 22.3 Å². The topological polar surface area (TPSA) is 73.1 Å². The van der Waals surface area contributed by atoms with Crippen molar-refractivity contribution in [2.24, 2.45) is 5.84 Å². The number of aromatic nitrogens is 2. The maximum absolute atomic E-state index is 5.61. The molecule has 5 nitrogen and oxygen atoms in total. The molecule has 0 aliphatic rings. The molecule has 92 valence electrons. The molecule has 2 aromatic heterocycles. The SMILES string of the molecule is CCC(C)OCc1nc(NN)c2ccsc2n1. The van der Waals surface area contributed by atoms with Crippen LogP contribution < -0.4 is 11.3 Å². The van der Waals surface area contributed by atoms with Crippen LogP contribution in [0.15, 0.2) is 11.4 Å². The van der Waals surface area contributed by atoms with Crippen LogP contribution in [-0.2, 0) is 11.3 Å². The van der Waals surface area contributed by atoms with Crippen LogP contribution in [-0.4, -0.2) is 16.1 Å². The van der Waals surface area contributed by atoms with E-state index in [1.54, 1.807) is 11.3 Å². The third kappa shape index (κ3) is 2.71. The van der Waals surface area contributed by atoms with Gasteiger partial charge >= 0.3 is 0 Å². The number of hydrogen-bond acceptors (Lipinski definition) is 6. The average Bonchev–Trinajstić information content (AvgIpc) is 2.82. The third-order valence-electron chi connectivity index (χ3n) is 2.58. The number of ether oxygens (including phenoxy) is 1.